The average molecular weight is 215 g/mol. The Morgan fingerprint density at radius 2 is 2.00 bits per heavy atom. The van der Waals surface area contributed by atoms with Crippen molar-refractivity contribution >= 4 is 11.6 Å². The predicted molar refractivity (Wildman–Crippen MR) is 62.7 cm³/mol. The summed E-state index contributed by atoms with van der Waals surface area (Å²) in [6.45, 7) is 2.41. The van der Waals surface area contributed by atoms with Gasteiger partial charge in [0.2, 0.25) is 0 Å². The molecule has 0 N–H and O–H groups in total. The van der Waals surface area contributed by atoms with Crippen LogP contribution >= 0.6 is 11.6 Å². The lowest BCUT2D eigenvalue weighted by Gasteiger charge is -2.27. The molecule has 3 unspecified atom stereocenters. The molecule has 0 aliphatic heterocycles. The van der Waals surface area contributed by atoms with Crippen LogP contribution in [0.25, 0.3) is 0 Å². The standard InChI is InChI=1S/C13H23Cl/c1-10-3-2-4-11(9-10)5-8-13(14)12-6-7-12/h10-13H,2-9H2,1H3. The van der Waals surface area contributed by atoms with Gasteiger partial charge in [0.1, 0.15) is 0 Å². The van der Waals surface area contributed by atoms with Crippen LogP contribution in [0.5, 0.6) is 0 Å². The van der Waals surface area contributed by atoms with Crippen molar-refractivity contribution in [2.45, 2.75) is 63.7 Å². The first-order valence-corrected chi connectivity index (χ1v) is 6.83. The minimum atomic E-state index is 0.507. The first kappa shape index (κ1) is 10.8. The Morgan fingerprint density at radius 1 is 1.21 bits per heavy atom. The summed E-state index contributed by atoms with van der Waals surface area (Å²) in [4.78, 5) is 0. The zero-order valence-corrected chi connectivity index (χ0v) is 10.1. The summed E-state index contributed by atoms with van der Waals surface area (Å²) in [7, 11) is 0. The highest BCUT2D eigenvalue weighted by atomic mass is 35.5. The number of rotatable bonds is 4. The average Bonchev–Trinajstić information content (AvgIpc) is 2.97. The summed E-state index contributed by atoms with van der Waals surface area (Å²) in [6.07, 6.45) is 11.3. The van der Waals surface area contributed by atoms with Crippen molar-refractivity contribution < 1.29 is 0 Å². The molecular weight excluding hydrogens is 192 g/mol. The zero-order valence-electron chi connectivity index (χ0n) is 9.34. The highest BCUT2D eigenvalue weighted by Crippen LogP contribution is 2.39. The third kappa shape index (κ3) is 3.15. The van der Waals surface area contributed by atoms with Crippen LogP contribution in [0.3, 0.4) is 0 Å². The van der Waals surface area contributed by atoms with Gasteiger partial charge in [-0.3, -0.25) is 0 Å². The number of alkyl halides is 1. The fourth-order valence-corrected chi connectivity index (χ4v) is 3.29. The van der Waals surface area contributed by atoms with Gasteiger partial charge in [-0.25, -0.2) is 0 Å². The molecular formula is C13H23Cl. The number of hydrogen-bond donors (Lipinski definition) is 0. The van der Waals surface area contributed by atoms with Gasteiger partial charge in [0.05, 0.1) is 0 Å². The second-order valence-electron chi connectivity index (χ2n) is 5.57. The first-order chi connectivity index (χ1) is 6.75. The topological polar surface area (TPSA) is 0 Å². The summed E-state index contributed by atoms with van der Waals surface area (Å²) in [5.74, 6) is 2.86. The van der Waals surface area contributed by atoms with Crippen LogP contribution in [0.4, 0.5) is 0 Å². The lowest BCUT2D eigenvalue weighted by molar-refractivity contribution is 0.264. The Balaban J connectivity index is 1.63. The van der Waals surface area contributed by atoms with Crippen molar-refractivity contribution in [3.63, 3.8) is 0 Å². The molecule has 2 aliphatic carbocycles. The van der Waals surface area contributed by atoms with E-state index in [0.29, 0.717) is 5.38 Å². The van der Waals surface area contributed by atoms with Crippen molar-refractivity contribution in [2.75, 3.05) is 0 Å². The lowest BCUT2D eigenvalue weighted by atomic mass is 9.80. The highest BCUT2D eigenvalue weighted by Gasteiger charge is 2.30. The van der Waals surface area contributed by atoms with Gasteiger partial charge >= 0.3 is 0 Å². The molecule has 82 valence electrons. The summed E-state index contributed by atoms with van der Waals surface area (Å²) >= 11 is 6.33. The molecule has 0 spiro atoms. The fraction of sp³-hybridized carbons (Fsp3) is 1.00. The molecule has 0 heterocycles. The Morgan fingerprint density at radius 3 is 2.64 bits per heavy atom. The summed E-state index contributed by atoms with van der Waals surface area (Å²) < 4.78 is 0. The predicted octanol–water partition coefficient (Wildman–Crippen LogP) is 4.61. The van der Waals surface area contributed by atoms with E-state index in [4.69, 9.17) is 11.6 Å². The molecule has 1 heteroatoms. The first-order valence-electron chi connectivity index (χ1n) is 6.39. The van der Waals surface area contributed by atoms with E-state index in [9.17, 15) is 0 Å². The van der Waals surface area contributed by atoms with Crippen LogP contribution in [-0.2, 0) is 0 Å². The van der Waals surface area contributed by atoms with Crippen LogP contribution in [-0.4, -0.2) is 5.38 Å². The van der Waals surface area contributed by atoms with E-state index in [1.807, 2.05) is 0 Å². The maximum absolute atomic E-state index is 6.33. The third-order valence-electron chi connectivity index (χ3n) is 4.03. The molecule has 0 aromatic rings. The number of halogens is 1. The van der Waals surface area contributed by atoms with Gasteiger partial charge in [0, 0.05) is 5.38 Å². The van der Waals surface area contributed by atoms with Crippen LogP contribution in [0.1, 0.15) is 58.3 Å². The van der Waals surface area contributed by atoms with E-state index < -0.39 is 0 Å². The van der Waals surface area contributed by atoms with Gasteiger partial charge < -0.3 is 0 Å². The zero-order chi connectivity index (χ0) is 9.97. The van der Waals surface area contributed by atoms with Crippen molar-refractivity contribution in [3.05, 3.63) is 0 Å². The maximum Gasteiger partial charge on any atom is 0.0364 e. The highest BCUT2D eigenvalue weighted by molar-refractivity contribution is 6.20. The van der Waals surface area contributed by atoms with E-state index in [1.165, 1.54) is 51.4 Å². The second kappa shape index (κ2) is 4.88. The van der Waals surface area contributed by atoms with Crippen molar-refractivity contribution in [1.29, 1.82) is 0 Å². The molecule has 0 aromatic carbocycles. The molecule has 0 saturated heterocycles. The summed E-state index contributed by atoms with van der Waals surface area (Å²) in [6, 6.07) is 0. The van der Waals surface area contributed by atoms with Gasteiger partial charge in [0.15, 0.2) is 0 Å². The summed E-state index contributed by atoms with van der Waals surface area (Å²) in [5.41, 5.74) is 0. The largest absolute Gasteiger partial charge is 0.123 e. The molecule has 2 aliphatic rings. The Kier molecular flexibility index (Phi) is 3.76. The quantitative estimate of drug-likeness (QED) is 0.600. The minimum Gasteiger partial charge on any atom is -0.123 e. The molecule has 0 radical (unpaired) electrons. The van der Waals surface area contributed by atoms with Gasteiger partial charge in [-0.15, -0.1) is 11.6 Å². The smallest absolute Gasteiger partial charge is 0.0364 e. The minimum absolute atomic E-state index is 0.507. The van der Waals surface area contributed by atoms with E-state index in [1.54, 1.807) is 0 Å². The van der Waals surface area contributed by atoms with Crippen LogP contribution in [0.15, 0.2) is 0 Å². The molecule has 3 atom stereocenters. The van der Waals surface area contributed by atoms with Gasteiger partial charge in [-0.05, 0) is 49.9 Å². The van der Waals surface area contributed by atoms with E-state index in [2.05, 4.69) is 6.92 Å². The lowest BCUT2D eigenvalue weighted by Crippen LogP contribution is -2.15. The molecule has 0 amide bonds. The van der Waals surface area contributed by atoms with Gasteiger partial charge in [0.25, 0.3) is 0 Å². The Labute approximate surface area is 93.4 Å². The van der Waals surface area contributed by atoms with Gasteiger partial charge in [-0.1, -0.05) is 26.2 Å². The van der Waals surface area contributed by atoms with E-state index in [0.717, 1.165) is 17.8 Å². The molecule has 2 fully saturated rings. The molecule has 14 heavy (non-hydrogen) atoms. The van der Waals surface area contributed by atoms with Crippen LogP contribution in [0.2, 0.25) is 0 Å². The van der Waals surface area contributed by atoms with E-state index in [-0.39, 0.29) is 0 Å². The molecule has 2 saturated carbocycles. The molecule has 0 nitrogen and oxygen atoms in total. The van der Waals surface area contributed by atoms with E-state index >= 15 is 0 Å². The maximum atomic E-state index is 6.33. The van der Waals surface area contributed by atoms with Crippen molar-refractivity contribution in [1.82, 2.24) is 0 Å². The monoisotopic (exact) mass is 214 g/mol. The number of hydrogen-bond acceptors (Lipinski definition) is 0. The van der Waals surface area contributed by atoms with Crippen LogP contribution in [0, 0.1) is 17.8 Å². The Hall–Kier alpha value is 0.290. The summed E-state index contributed by atoms with van der Waals surface area (Å²) in [5, 5.41) is 0.507. The fourth-order valence-electron chi connectivity index (χ4n) is 2.91. The second-order valence-corrected chi connectivity index (χ2v) is 6.13. The third-order valence-corrected chi connectivity index (χ3v) is 4.60. The van der Waals surface area contributed by atoms with Crippen molar-refractivity contribution in [2.24, 2.45) is 17.8 Å². The molecule has 0 aromatic heterocycles. The van der Waals surface area contributed by atoms with Gasteiger partial charge in [-0.2, -0.15) is 0 Å². The SMILES string of the molecule is CC1CCCC(CCC(Cl)C2CC2)C1. The molecule has 0 bridgehead atoms. The van der Waals surface area contributed by atoms with Crippen LogP contribution < -0.4 is 0 Å². The Bertz CT molecular complexity index is 174. The normalized spacial score (nSPS) is 35.6. The molecule has 2 rings (SSSR count). The van der Waals surface area contributed by atoms with Crippen molar-refractivity contribution in [3.8, 4) is 0 Å².